The molecule has 1 aromatic heterocycles. The van der Waals surface area contributed by atoms with Crippen LogP contribution in [0.2, 0.25) is 0 Å². The number of nitrogens with zero attached hydrogens (tertiary/aromatic N) is 3. The van der Waals surface area contributed by atoms with Crippen molar-refractivity contribution in [3.05, 3.63) is 22.7 Å². The van der Waals surface area contributed by atoms with Gasteiger partial charge < -0.3 is 20.5 Å². The highest BCUT2D eigenvalue weighted by atomic mass is 16.5. The van der Waals surface area contributed by atoms with E-state index in [4.69, 9.17) is 15.2 Å². The molecule has 10 nitrogen and oxygen atoms in total. The van der Waals surface area contributed by atoms with Crippen LogP contribution in [0.5, 0.6) is 5.88 Å². The van der Waals surface area contributed by atoms with E-state index in [0.29, 0.717) is 42.4 Å². The summed E-state index contributed by atoms with van der Waals surface area (Å²) in [6.07, 6.45) is 9.47. The van der Waals surface area contributed by atoms with Gasteiger partial charge in [0.05, 0.1) is 26.0 Å². The quantitative estimate of drug-likeness (QED) is 0.436. The average Bonchev–Trinajstić information content (AvgIpc) is 3.20. The van der Waals surface area contributed by atoms with Crippen molar-refractivity contribution in [3.8, 4) is 5.88 Å². The minimum Gasteiger partial charge on any atom is -0.477 e. The third-order valence-corrected chi connectivity index (χ3v) is 7.91. The molecule has 36 heavy (non-hydrogen) atoms. The Kier molecular flexibility index (Phi) is 7.43. The van der Waals surface area contributed by atoms with Crippen molar-refractivity contribution in [1.82, 2.24) is 15.1 Å². The lowest BCUT2D eigenvalue weighted by Crippen LogP contribution is -2.60. The van der Waals surface area contributed by atoms with Gasteiger partial charge in [-0.1, -0.05) is 38.9 Å². The number of aromatic nitrogens is 2. The SMILES string of the molecule is CC(C)COc1c(C(=O)N[C@H]2C3CC4CC2C[C@](COC(N)=O)(C4)C3)cnn1/C=C/C(C)(C)CN=O. The minimum atomic E-state index is -0.721. The topological polar surface area (TPSA) is 138 Å². The summed E-state index contributed by atoms with van der Waals surface area (Å²) in [6, 6.07) is 0.0743. The van der Waals surface area contributed by atoms with Crippen molar-refractivity contribution in [3.63, 3.8) is 0 Å². The van der Waals surface area contributed by atoms with Crippen LogP contribution in [0.1, 0.15) is 70.2 Å². The second-order valence-corrected chi connectivity index (χ2v) is 12.2. The molecule has 0 radical (unpaired) electrons. The first-order valence-corrected chi connectivity index (χ1v) is 12.9. The number of primary amides is 1. The summed E-state index contributed by atoms with van der Waals surface area (Å²) >= 11 is 0. The van der Waals surface area contributed by atoms with E-state index in [-0.39, 0.29) is 29.8 Å². The van der Waals surface area contributed by atoms with Crippen molar-refractivity contribution < 1.29 is 19.1 Å². The summed E-state index contributed by atoms with van der Waals surface area (Å²) in [6.45, 7) is 8.85. The Labute approximate surface area is 212 Å². The van der Waals surface area contributed by atoms with E-state index in [1.165, 1.54) is 0 Å². The Hall–Kier alpha value is -2.91. The first-order valence-electron chi connectivity index (χ1n) is 12.9. The maximum atomic E-state index is 13.5. The summed E-state index contributed by atoms with van der Waals surface area (Å²) in [5, 5.41) is 10.7. The molecular formula is C26H39N5O5. The first-order chi connectivity index (χ1) is 17.0. The molecule has 1 aromatic rings. The van der Waals surface area contributed by atoms with Crippen LogP contribution in [0.3, 0.4) is 0 Å². The summed E-state index contributed by atoms with van der Waals surface area (Å²) in [5.41, 5.74) is 5.17. The largest absolute Gasteiger partial charge is 0.477 e. The molecule has 0 aliphatic heterocycles. The number of hydrogen-bond donors (Lipinski definition) is 2. The zero-order valence-corrected chi connectivity index (χ0v) is 21.7. The molecule has 4 aliphatic rings. The van der Waals surface area contributed by atoms with Gasteiger partial charge in [-0.15, -0.1) is 0 Å². The zero-order chi connectivity index (χ0) is 26.1. The Morgan fingerprint density at radius 1 is 1.31 bits per heavy atom. The fourth-order valence-electron chi connectivity index (χ4n) is 6.55. The number of nitrogens with two attached hydrogens (primary N) is 1. The second-order valence-electron chi connectivity index (χ2n) is 12.2. The first kappa shape index (κ1) is 26.2. The number of nitroso groups, excluding NO2 is 1. The van der Waals surface area contributed by atoms with Crippen LogP contribution in [-0.4, -0.2) is 47.6 Å². The Balaban J connectivity index is 1.50. The lowest BCUT2D eigenvalue weighted by molar-refractivity contribution is -0.0977. The second kappa shape index (κ2) is 10.2. The van der Waals surface area contributed by atoms with Gasteiger partial charge in [0.25, 0.3) is 5.91 Å². The van der Waals surface area contributed by atoms with Crippen LogP contribution < -0.4 is 15.8 Å². The van der Waals surface area contributed by atoms with E-state index in [1.54, 1.807) is 17.1 Å². The standard InChI is InChI=1S/C26H39N5O5/c1-16(2)13-35-23-20(12-28-31(23)6-5-25(3,4)14-29-34)22(32)30-21-18-7-17-8-19(21)11-26(9-17,10-18)15-36-24(27)33/h5-6,12,16-19,21H,7-11,13-15H2,1-4H3,(H2,27,33)(H,30,32)/b6-5+/t17?,18?,19?,21-,26-. The molecule has 2 unspecified atom stereocenters. The van der Waals surface area contributed by atoms with Crippen molar-refractivity contribution >= 4 is 18.2 Å². The molecule has 4 aliphatic carbocycles. The highest BCUT2D eigenvalue weighted by molar-refractivity contribution is 5.96. The molecule has 2 atom stereocenters. The number of carbonyl (C=O) groups excluding carboxylic acids is 2. The van der Waals surface area contributed by atoms with Crippen LogP contribution in [0, 0.1) is 39.4 Å². The molecular weight excluding hydrogens is 462 g/mol. The molecule has 2 amide bonds. The summed E-state index contributed by atoms with van der Waals surface area (Å²) < 4.78 is 12.8. The highest BCUT2D eigenvalue weighted by Crippen LogP contribution is 2.60. The van der Waals surface area contributed by atoms with Gasteiger partial charge in [-0.2, -0.15) is 10.0 Å². The van der Waals surface area contributed by atoms with Gasteiger partial charge in [-0.3, -0.25) is 4.79 Å². The van der Waals surface area contributed by atoms with Gasteiger partial charge in [0.15, 0.2) is 0 Å². The third-order valence-electron chi connectivity index (χ3n) is 7.91. The van der Waals surface area contributed by atoms with E-state index >= 15 is 0 Å². The van der Waals surface area contributed by atoms with Crippen LogP contribution in [-0.2, 0) is 4.74 Å². The maximum Gasteiger partial charge on any atom is 0.404 e. The number of hydrogen-bond acceptors (Lipinski definition) is 7. The van der Waals surface area contributed by atoms with E-state index in [2.05, 4.69) is 15.6 Å². The normalized spacial score (nSPS) is 29.0. The van der Waals surface area contributed by atoms with Crippen LogP contribution in [0.25, 0.3) is 6.20 Å². The predicted molar refractivity (Wildman–Crippen MR) is 135 cm³/mol. The van der Waals surface area contributed by atoms with Gasteiger partial charge >= 0.3 is 6.09 Å². The zero-order valence-electron chi connectivity index (χ0n) is 21.7. The summed E-state index contributed by atoms with van der Waals surface area (Å²) in [5.74, 6) is 1.78. The Morgan fingerprint density at radius 3 is 2.61 bits per heavy atom. The lowest BCUT2D eigenvalue weighted by Gasteiger charge is -2.59. The molecule has 0 aromatic carbocycles. The van der Waals surface area contributed by atoms with E-state index in [1.807, 2.05) is 33.8 Å². The van der Waals surface area contributed by atoms with E-state index < -0.39 is 11.5 Å². The van der Waals surface area contributed by atoms with Crippen molar-refractivity contribution in [2.75, 3.05) is 19.8 Å². The molecule has 0 spiro atoms. The van der Waals surface area contributed by atoms with Gasteiger partial charge in [0, 0.05) is 23.1 Å². The molecule has 3 N–H and O–H groups in total. The Bertz CT molecular complexity index is 1000. The van der Waals surface area contributed by atoms with E-state index in [0.717, 1.165) is 32.1 Å². The van der Waals surface area contributed by atoms with Crippen molar-refractivity contribution in [1.29, 1.82) is 0 Å². The smallest absolute Gasteiger partial charge is 0.404 e. The minimum absolute atomic E-state index is 0.0167. The maximum absolute atomic E-state index is 13.5. The van der Waals surface area contributed by atoms with Crippen molar-refractivity contribution in [2.24, 2.45) is 45.4 Å². The van der Waals surface area contributed by atoms with Gasteiger partial charge in [0.2, 0.25) is 5.88 Å². The molecule has 4 saturated carbocycles. The molecule has 5 rings (SSSR count). The van der Waals surface area contributed by atoms with Crippen LogP contribution in [0.15, 0.2) is 17.4 Å². The van der Waals surface area contributed by atoms with E-state index in [9.17, 15) is 14.5 Å². The molecule has 4 fully saturated rings. The van der Waals surface area contributed by atoms with Gasteiger partial charge in [-0.05, 0) is 55.8 Å². The Morgan fingerprint density at radius 2 is 2.00 bits per heavy atom. The summed E-state index contributed by atoms with van der Waals surface area (Å²) in [4.78, 5) is 35.5. The molecule has 10 heteroatoms. The molecule has 198 valence electrons. The number of carbonyl (C=O) groups is 2. The van der Waals surface area contributed by atoms with Gasteiger partial charge in [-0.25, -0.2) is 9.48 Å². The van der Waals surface area contributed by atoms with Crippen molar-refractivity contribution in [2.45, 2.75) is 65.8 Å². The lowest BCUT2D eigenvalue weighted by atomic mass is 9.48. The fourth-order valence-corrected chi connectivity index (χ4v) is 6.55. The molecule has 1 heterocycles. The predicted octanol–water partition coefficient (Wildman–Crippen LogP) is 4.20. The van der Waals surface area contributed by atoms with Crippen LogP contribution >= 0.6 is 0 Å². The van der Waals surface area contributed by atoms with Gasteiger partial charge in [0.1, 0.15) is 5.56 Å². The number of ether oxygens (including phenoxy) is 2. The number of amides is 2. The monoisotopic (exact) mass is 501 g/mol. The third kappa shape index (κ3) is 5.73. The highest BCUT2D eigenvalue weighted by Gasteiger charge is 2.56. The molecule has 4 bridgehead atoms. The van der Waals surface area contributed by atoms with Crippen LogP contribution in [0.4, 0.5) is 4.79 Å². The number of rotatable bonds is 11. The summed E-state index contributed by atoms with van der Waals surface area (Å²) in [7, 11) is 0. The fraction of sp³-hybridized carbons (Fsp3) is 0.731. The molecule has 0 saturated heterocycles. The number of nitrogens with one attached hydrogen (secondary N) is 1. The average molecular weight is 502 g/mol.